The Morgan fingerprint density at radius 3 is 2.31 bits per heavy atom. The molecule has 0 spiro atoms. The van der Waals surface area contributed by atoms with Crippen LogP contribution in [0.1, 0.15) is 36.6 Å². The van der Waals surface area contributed by atoms with Gasteiger partial charge in [0.25, 0.3) is 0 Å². The van der Waals surface area contributed by atoms with Gasteiger partial charge in [0.15, 0.2) is 11.5 Å². The number of carbonyl (C=O) groups excluding carboxylic acids is 1. The maximum absolute atomic E-state index is 12.6. The van der Waals surface area contributed by atoms with Gasteiger partial charge in [-0.05, 0) is 57.0 Å². The molecular formula is C21H27NO3S. The summed E-state index contributed by atoms with van der Waals surface area (Å²) >= 11 is 1.50. The predicted octanol–water partition coefficient (Wildman–Crippen LogP) is 4.68. The van der Waals surface area contributed by atoms with Gasteiger partial charge in [0.2, 0.25) is 5.91 Å². The highest BCUT2D eigenvalue weighted by Gasteiger charge is 2.19. The van der Waals surface area contributed by atoms with E-state index in [9.17, 15) is 4.79 Å². The van der Waals surface area contributed by atoms with Crippen LogP contribution in [0.2, 0.25) is 0 Å². The van der Waals surface area contributed by atoms with Crippen LogP contribution in [-0.4, -0.2) is 25.4 Å². The number of carbonyl (C=O) groups is 1. The molecule has 0 heterocycles. The van der Waals surface area contributed by atoms with E-state index in [1.165, 1.54) is 22.9 Å². The molecular weight excluding hydrogens is 346 g/mol. The van der Waals surface area contributed by atoms with E-state index in [2.05, 4.69) is 37.4 Å². The van der Waals surface area contributed by atoms with E-state index < -0.39 is 0 Å². The summed E-state index contributed by atoms with van der Waals surface area (Å²) in [5.74, 6) is 1.35. The predicted molar refractivity (Wildman–Crippen MR) is 107 cm³/mol. The van der Waals surface area contributed by atoms with Crippen LogP contribution in [0.25, 0.3) is 0 Å². The number of aryl methyl sites for hydroxylation is 2. The van der Waals surface area contributed by atoms with Crippen LogP contribution in [0.4, 0.5) is 0 Å². The summed E-state index contributed by atoms with van der Waals surface area (Å²) in [5.41, 5.74) is 3.56. The monoisotopic (exact) mass is 373 g/mol. The van der Waals surface area contributed by atoms with E-state index in [0.29, 0.717) is 11.5 Å². The summed E-state index contributed by atoms with van der Waals surface area (Å²) in [6.45, 7) is 8.07. The van der Waals surface area contributed by atoms with Crippen LogP contribution in [0.5, 0.6) is 11.5 Å². The Morgan fingerprint density at radius 2 is 1.69 bits per heavy atom. The van der Waals surface area contributed by atoms with Crippen LogP contribution < -0.4 is 14.8 Å². The van der Waals surface area contributed by atoms with Gasteiger partial charge < -0.3 is 14.8 Å². The number of rotatable bonds is 7. The lowest BCUT2D eigenvalue weighted by Gasteiger charge is -2.20. The van der Waals surface area contributed by atoms with E-state index in [1.807, 2.05) is 32.0 Å². The summed E-state index contributed by atoms with van der Waals surface area (Å²) in [7, 11) is 3.21. The third-order valence-corrected chi connectivity index (χ3v) is 5.38. The largest absolute Gasteiger partial charge is 0.493 e. The molecule has 0 saturated heterocycles. The summed E-state index contributed by atoms with van der Waals surface area (Å²) in [4.78, 5) is 13.6. The number of hydrogen-bond acceptors (Lipinski definition) is 4. The highest BCUT2D eigenvalue weighted by Crippen LogP contribution is 2.33. The zero-order valence-corrected chi connectivity index (χ0v) is 17.1. The molecule has 0 aliphatic carbocycles. The van der Waals surface area contributed by atoms with Crippen molar-refractivity contribution < 1.29 is 14.3 Å². The molecule has 0 aliphatic rings. The first kappa shape index (κ1) is 20.2. The van der Waals surface area contributed by atoms with Crippen LogP contribution >= 0.6 is 11.8 Å². The fourth-order valence-electron chi connectivity index (χ4n) is 2.87. The molecule has 0 unspecified atom stereocenters. The minimum absolute atomic E-state index is 0.0114. The first-order valence-electron chi connectivity index (χ1n) is 8.62. The van der Waals surface area contributed by atoms with Gasteiger partial charge in [-0.1, -0.05) is 23.8 Å². The quantitative estimate of drug-likeness (QED) is 0.716. The summed E-state index contributed by atoms with van der Waals surface area (Å²) in [5, 5.41) is 2.89. The molecule has 0 radical (unpaired) electrons. The van der Waals surface area contributed by atoms with E-state index in [-0.39, 0.29) is 17.2 Å². The standard InChI is InChI=1S/C21H27NO3S/c1-13-7-9-18(14(2)11-13)15(3)22-21(23)16(4)26-17-8-10-19(24-5)20(12-17)25-6/h7-12,15-16H,1-6H3,(H,22,23)/t15-,16-/m0/s1. The van der Waals surface area contributed by atoms with Crippen LogP contribution in [-0.2, 0) is 4.79 Å². The molecule has 1 N–H and O–H groups in total. The van der Waals surface area contributed by atoms with Crippen molar-refractivity contribution >= 4 is 17.7 Å². The second kappa shape index (κ2) is 8.99. The number of hydrogen-bond donors (Lipinski definition) is 1. The zero-order chi connectivity index (χ0) is 19.3. The van der Waals surface area contributed by atoms with Crippen LogP contribution in [0.3, 0.4) is 0 Å². The molecule has 0 saturated carbocycles. The topological polar surface area (TPSA) is 47.6 Å². The fraction of sp³-hybridized carbons (Fsp3) is 0.381. The number of nitrogens with one attached hydrogen (secondary N) is 1. The molecule has 2 aromatic rings. The van der Waals surface area contributed by atoms with Gasteiger partial charge in [0, 0.05) is 4.90 Å². The van der Waals surface area contributed by atoms with Crippen molar-refractivity contribution in [3.63, 3.8) is 0 Å². The Labute approximate surface area is 160 Å². The second-order valence-corrected chi connectivity index (χ2v) is 7.78. The van der Waals surface area contributed by atoms with Crippen molar-refractivity contribution in [1.29, 1.82) is 0 Å². The lowest BCUT2D eigenvalue weighted by molar-refractivity contribution is -0.120. The van der Waals surface area contributed by atoms with Crippen molar-refractivity contribution in [3.05, 3.63) is 53.1 Å². The van der Waals surface area contributed by atoms with Crippen molar-refractivity contribution in [2.24, 2.45) is 0 Å². The Hall–Kier alpha value is -2.14. The summed E-state index contributed by atoms with van der Waals surface area (Å²) in [6.07, 6.45) is 0. The Kier molecular flexibility index (Phi) is 6.98. The third kappa shape index (κ3) is 4.94. The first-order chi connectivity index (χ1) is 12.3. The number of methoxy groups -OCH3 is 2. The maximum atomic E-state index is 12.6. The van der Waals surface area contributed by atoms with Crippen molar-refractivity contribution in [2.75, 3.05) is 14.2 Å². The number of ether oxygens (including phenoxy) is 2. The average molecular weight is 374 g/mol. The molecule has 0 bridgehead atoms. The smallest absolute Gasteiger partial charge is 0.233 e. The van der Waals surface area contributed by atoms with Gasteiger partial charge in [0.1, 0.15) is 0 Å². The molecule has 0 aromatic heterocycles. The van der Waals surface area contributed by atoms with Gasteiger partial charge in [-0.15, -0.1) is 11.8 Å². The fourth-order valence-corrected chi connectivity index (χ4v) is 3.77. The Bertz CT molecular complexity index is 776. The minimum Gasteiger partial charge on any atom is -0.493 e. The van der Waals surface area contributed by atoms with Crippen molar-refractivity contribution in [2.45, 2.75) is 43.9 Å². The number of amides is 1. The Morgan fingerprint density at radius 1 is 1.00 bits per heavy atom. The SMILES string of the molecule is COc1ccc(S[C@@H](C)C(=O)N[C@@H](C)c2ccc(C)cc2C)cc1OC. The van der Waals surface area contributed by atoms with Crippen LogP contribution in [0.15, 0.2) is 41.3 Å². The highest BCUT2D eigenvalue weighted by atomic mass is 32.2. The molecule has 5 heteroatoms. The molecule has 0 fully saturated rings. The first-order valence-corrected chi connectivity index (χ1v) is 9.50. The van der Waals surface area contributed by atoms with Gasteiger partial charge in [-0.2, -0.15) is 0 Å². The Balaban J connectivity index is 2.03. The normalized spacial score (nSPS) is 13.0. The van der Waals surface area contributed by atoms with Crippen molar-refractivity contribution in [1.82, 2.24) is 5.32 Å². The molecule has 2 atom stereocenters. The second-order valence-electron chi connectivity index (χ2n) is 6.37. The third-order valence-electron chi connectivity index (χ3n) is 4.29. The molecule has 0 aliphatic heterocycles. The van der Waals surface area contributed by atoms with Gasteiger partial charge >= 0.3 is 0 Å². The summed E-state index contributed by atoms with van der Waals surface area (Å²) < 4.78 is 10.6. The van der Waals surface area contributed by atoms with Gasteiger partial charge in [-0.25, -0.2) is 0 Å². The maximum Gasteiger partial charge on any atom is 0.233 e. The summed E-state index contributed by atoms with van der Waals surface area (Å²) in [6, 6.07) is 11.9. The molecule has 4 nitrogen and oxygen atoms in total. The molecule has 2 rings (SSSR count). The zero-order valence-electron chi connectivity index (χ0n) is 16.3. The number of thioether (sulfide) groups is 1. The van der Waals surface area contributed by atoms with Gasteiger partial charge in [-0.3, -0.25) is 4.79 Å². The van der Waals surface area contributed by atoms with Crippen molar-refractivity contribution in [3.8, 4) is 11.5 Å². The lowest BCUT2D eigenvalue weighted by atomic mass is 10.0. The molecule has 1 amide bonds. The van der Waals surface area contributed by atoms with E-state index in [4.69, 9.17) is 9.47 Å². The van der Waals surface area contributed by atoms with Crippen LogP contribution in [0, 0.1) is 13.8 Å². The van der Waals surface area contributed by atoms with Gasteiger partial charge in [0.05, 0.1) is 25.5 Å². The average Bonchev–Trinajstić information content (AvgIpc) is 2.61. The lowest BCUT2D eigenvalue weighted by Crippen LogP contribution is -2.33. The molecule has 2 aromatic carbocycles. The number of benzene rings is 2. The minimum atomic E-state index is -0.221. The van der Waals surface area contributed by atoms with E-state index >= 15 is 0 Å². The molecule has 26 heavy (non-hydrogen) atoms. The van der Waals surface area contributed by atoms with E-state index in [1.54, 1.807) is 14.2 Å². The highest BCUT2D eigenvalue weighted by molar-refractivity contribution is 8.00. The molecule has 140 valence electrons. The van der Waals surface area contributed by atoms with E-state index in [0.717, 1.165) is 10.5 Å².